The van der Waals surface area contributed by atoms with Crippen molar-refractivity contribution in [2.24, 2.45) is 0 Å². The van der Waals surface area contributed by atoms with E-state index in [0.29, 0.717) is 47.6 Å². The molecule has 1 aliphatic heterocycles. The summed E-state index contributed by atoms with van der Waals surface area (Å²) in [5.41, 5.74) is 2.22. The van der Waals surface area contributed by atoms with Crippen LogP contribution in [0.1, 0.15) is 35.2 Å². The average Bonchev–Trinajstić information content (AvgIpc) is 3.32. The maximum absolute atomic E-state index is 13.4. The highest BCUT2D eigenvalue weighted by molar-refractivity contribution is 5.94. The van der Waals surface area contributed by atoms with Crippen LogP contribution < -0.4 is 5.56 Å². The monoisotopic (exact) mass is 429 g/mol. The fourth-order valence-electron chi connectivity index (χ4n) is 4.32. The van der Waals surface area contributed by atoms with Gasteiger partial charge in [0.1, 0.15) is 11.5 Å². The molecule has 8 heteroatoms. The first kappa shape index (κ1) is 20.3. The number of carbonyl (C=O) groups is 1. The maximum atomic E-state index is 13.4. The Hall–Kier alpha value is -3.65. The summed E-state index contributed by atoms with van der Waals surface area (Å²) in [5.74, 6) is 0.386. The van der Waals surface area contributed by atoms with Crippen LogP contribution in [0.2, 0.25) is 0 Å². The van der Waals surface area contributed by atoms with E-state index < -0.39 is 0 Å². The fraction of sp³-hybridized carbons (Fsp3) is 0.292. The van der Waals surface area contributed by atoms with Gasteiger partial charge in [0.2, 0.25) is 0 Å². The van der Waals surface area contributed by atoms with Gasteiger partial charge in [0.05, 0.1) is 47.3 Å². The van der Waals surface area contributed by atoms with E-state index in [2.05, 4.69) is 9.97 Å². The number of likely N-dealkylation sites (tertiary alicyclic amines) is 1. The van der Waals surface area contributed by atoms with Crippen molar-refractivity contribution in [1.82, 2.24) is 24.4 Å². The lowest BCUT2D eigenvalue weighted by atomic mass is 10.1. The SMILES string of the molecule is COCCn1c(C2CCCN2C(=O)c2cnc3ccccc3n2)nc2ccccc2c1=O. The molecule has 1 saturated heterocycles. The first-order valence-electron chi connectivity index (χ1n) is 10.7. The number of aromatic nitrogens is 4. The maximum Gasteiger partial charge on any atom is 0.274 e. The van der Waals surface area contributed by atoms with Crippen molar-refractivity contribution >= 4 is 27.8 Å². The van der Waals surface area contributed by atoms with Gasteiger partial charge in [-0.3, -0.25) is 19.1 Å². The third kappa shape index (κ3) is 3.52. The number of rotatable bonds is 5. The van der Waals surface area contributed by atoms with E-state index in [1.807, 2.05) is 42.5 Å². The largest absolute Gasteiger partial charge is 0.383 e. The summed E-state index contributed by atoms with van der Waals surface area (Å²) >= 11 is 0. The Morgan fingerprint density at radius 3 is 2.62 bits per heavy atom. The number of amides is 1. The Morgan fingerprint density at radius 2 is 1.81 bits per heavy atom. The molecule has 3 heterocycles. The van der Waals surface area contributed by atoms with Crippen LogP contribution in [0.5, 0.6) is 0 Å². The summed E-state index contributed by atoms with van der Waals surface area (Å²) in [5, 5.41) is 0.559. The highest BCUT2D eigenvalue weighted by atomic mass is 16.5. The molecule has 1 fully saturated rings. The minimum absolute atomic E-state index is 0.118. The van der Waals surface area contributed by atoms with Gasteiger partial charge < -0.3 is 9.64 Å². The van der Waals surface area contributed by atoms with Crippen LogP contribution in [-0.4, -0.2) is 50.6 Å². The van der Waals surface area contributed by atoms with Crippen molar-refractivity contribution in [2.45, 2.75) is 25.4 Å². The second-order valence-electron chi connectivity index (χ2n) is 7.84. The van der Waals surface area contributed by atoms with Crippen molar-refractivity contribution in [1.29, 1.82) is 0 Å². The van der Waals surface area contributed by atoms with Crippen LogP contribution >= 0.6 is 0 Å². The topological polar surface area (TPSA) is 90.2 Å². The summed E-state index contributed by atoms with van der Waals surface area (Å²) in [4.78, 5) is 42.2. The molecule has 162 valence electrons. The zero-order valence-electron chi connectivity index (χ0n) is 17.8. The Labute approximate surface area is 184 Å². The van der Waals surface area contributed by atoms with E-state index >= 15 is 0 Å². The molecule has 5 rings (SSSR count). The molecule has 1 amide bonds. The zero-order valence-corrected chi connectivity index (χ0v) is 17.8. The molecule has 32 heavy (non-hydrogen) atoms. The lowest BCUT2D eigenvalue weighted by Crippen LogP contribution is -2.36. The molecule has 2 aromatic heterocycles. The number of para-hydroxylation sites is 3. The number of carbonyl (C=O) groups excluding carboxylic acids is 1. The molecule has 0 radical (unpaired) electrons. The summed E-state index contributed by atoms with van der Waals surface area (Å²) in [6.07, 6.45) is 3.07. The predicted molar refractivity (Wildman–Crippen MR) is 120 cm³/mol. The molecule has 8 nitrogen and oxygen atoms in total. The number of hydrogen-bond donors (Lipinski definition) is 0. The van der Waals surface area contributed by atoms with Gasteiger partial charge in [0, 0.05) is 13.7 Å². The minimum Gasteiger partial charge on any atom is -0.383 e. The predicted octanol–water partition coefficient (Wildman–Crippen LogP) is 2.96. The lowest BCUT2D eigenvalue weighted by molar-refractivity contribution is 0.0719. The van der Waals surface area contributed by atoms with Crippen LogP contribution in [0.3, 0.4) is 0 Å². The molecule has 1 unspecified atom stereocenters. The third-order valence-electron chi connectivity index (χ3n) is 5.89. The molecule has 0 bridgehead atoms. The molecule has 2 aromatic carbocycles. The Balaban J connectivity index is 1.57. The highest BCUT2D eigenvalue weighted by Crippen LogP contribution is 2.32. The number of benzene rings is 2. The van der Waals surface area contributed by atoms with Crippen molar-refractivity contribution in [3.8, 4) is 0 Å². The molecule has 1 atom stereocenters. The highest BCUT2D eigenvalue weighted by Gasteiger charge is 2.34. The number of ether oxygens (including phenoxy) is 1. The number of nitrogens with zero attached hydrogens (tertiary/aromatic N) is 5. The molecule has 4 aromatic rings. The van der Waals surface area contributed by atoms with Crippen molar-refractivity contribution in [2.75, 3.05) is 20.3 Å². The van der Waals surface area contributed by atoms with Gasteiger partial charge >= 0.3 is 0 Å². The lowest BCUT2D eigenvalue weighted by Gasteiger charge is -2.26. The molecule has 0 aliphatic carbocycles. The van der Waals surface area contributed by atoms with Gasteiger partial charge in [-0.15, -0.1) is 0 Å². The first-order valence-corrected chi connectivity index (χ1v) is 10.7. The van der Waals surface area contributed by atoms with E-state index in [4.69, 9.17) is 9.72 Å². The summed E-state index contributed by atoms with van der Waals surface area (Å²) < 4.78 is 6.88. The van der Waals surface area contributed by atoms with E-state index in [-0.39, 0.29) is 17.5 Å². The summed E-state index contributed by atoms with van der Waals surface area (Å²) in [7, 11) is 1.60. The van der Waals surface area contributed by atoms with E-state index in [1.54, 1.807) is 22.6 Å². The van der Waals surface area contributed by atoms with E-state index in [9.17, 15) is 9.59 Å². The van der Waals surface area contributed by atoms with Crippen LogP contribution in [-0.2, 0) is 11.3 Å². The third-order valence-corrected chi connectivity index (χ3v) is 5.89. The molecular weight excluding hydrogens is 406 g/mol. The number of fused-ring (bicyclic) bond motifs is 2. The van der Waals surface area contributed by atoms with Crippen LogP contribution in [0.4, 0.5) is 0 Å². The molecule has 0 N–H and O–H groups in total. The molecule has 0 saturated carbocycles. The standard InChI is InChI=1S/C24H23N5O3/c1-32-14-13-29-22(27-17-8-3-2-7-16(17)23(29)30)21-11-6-12-28(21)24(31)20-15-25-18-9-4-5-10-19(18)26-20/h2-5,7-10,15,21H,6,11-14H2,1H3. The van der Waals surface area contributed by atoms with Crippen molar-refractivity contribution in [3.63, 3.8) is 0 Å². The van der Waals surface area contributed by atoms with E-state index in [0.717, 1.165) is 18.4 Å². The Kier molecular flexibility index (Phi) is 5.36. The van der Waals surface area contributed by atoms with Gasteiger partial charge in [0.25, 0.3) is 11.5 Å². The van der Waals surface area contributed by atoms with Gasteiger partial charge in [-0.25, -0.2) is 9.97 Å². The van der Waals surface area contributed by atoms with Gasteiger partial charge in [-0.2, -0.15) is 0 Å². The van der Waals surface area contributed by atoms with Crippen LogP contribution in [0, 0.1) is 0 Å². The average molecular weight is 429 g/mol. The minimum atomic E-state index is -0.315. The smallest absolute Gasteiger partial charge is 0.274 e. The van der Waals surface area contributed by atoms with Crippen LogP contribution in [0.25, 0.3) is 21.9 Å². The van der Waals surface area contributed by atoms with Gasteiger partial charge in [0.15, 0.2) is 0 Å². The molecule has 1 aliphatic rings. The van der Waals surface area contributed by atoms with E-state index in [1.165, 1.54) is 6.20 Å². The van der Waals surface area contributed by atoms with Gasteiger partial charge in [-0.05, 0) is 37.1 Å². The zero-order chi connectivity index (χ0) is 22.1. The second-order valence-corrected chi connectivity index (χ2v) is 7.84. The normalized spacial score (nSPS) is 16.2. The quantitative estimate of drug-likeness (QED) is 0.485. The second kappa shape index (κ2) is 8.47. The Bertz CT molecular complexity index is 1370. The molecular formula is C24H23N5O3. The first-order chi connectivity index (χ1) is 15.7. The molecule has 0 spiro atoms. The summed E-state index contributed by atoms with van der Waals surface area (Å²) in [6.45, 7) is 1.32. The van der Waals surface area contributed by atoms with Crippen molar-refractivity contribution < 1.29 is 9.53 Å². The summed E-state index contributed by atoms with van der Waals surface area (Å²) in [6, 6.07) is 14.4. The number of hydrogen-bond acceptors (Lipinski definition) is 6. The number of methoxy groups -OCH3 is 1. The van der Waals surface area contributed by atoms with Crippen molar-refractivity contribution in [3.05, 3.63) is 76.6 Å². The van der Waals surface area contributed by atoms with Gasteiger partial charge in [-0.1, -0.05) is 24.3 Å². The van der Waals surface area contributed by atoms with Crippen LogP contribution in [0.15, 0.2) is 59.5 Å². The Morgan fingerprint density at radius 1 is 1.06 bits per heavy atom. The fourth-order valence-corrected chi connectivity index (χ4v) is 4.32.